The van der Waals surface area contributed by atoms with Gasteiger partial charge < -0.3 is 9.47 Å². The number of carbonyl (C=O) groups excluding carboxylic acids is 1. The van der Waals surface area contributed by atoms with E-state index < -0.39 is 14.4 Å². The van der Waals surface area contributed by atoms with E-state index in [9.17, 15) is 4.79 Å². The number of benzene rings is 1. The zero-order chi connectivity index (χ0) is 12.5. The van der Waals surface area contributed by atoms with E-state index in [2.05, 4.69) is 19.6 Å². The first-order valence-electron chi connectivity index (χ1n) is 5.89. The van der Waals surface area contributed by atoms with Crippen molar-refractivity contribution in [3.63, 3.8) is 0 Å². The third kappa shape index (κ3) is 2.95. The standard InChI is InChI=1S/C13H18O3Si/c1-17(2,3)9-8-15-13-11-7-5-4-6-10(11)12(14)16-13/h4-7,13H,8-9H2,1-3H3. The van der Waals surface area contributed by atoms with E-state index in [0.29, 0.717) is 12.2 Å². The van der Waals surface area contributed by atoms with Gasteiger partial charge in [-0.25, -0.2) is 4.79 Å². The lowest BCUT2D eigenvalue weighted by Crippen LogP contribution is -2.22. The Morgan fingerprint density at radius 2 is 2.00 bits per heavy atom. The van der Waals surface area contributed by atoms with Crippen LogP contribution < -0.4 is 0 Å². The average molecular weight is 250 g/mol. The highest BCUT2D eigenvalue weighted by Gasteiger charge is 2.31. The van der Waals surface area contributed by atoms with Crippen LogP contribution in [0.3, 0.4) is 0 Å². The van der Waals surface area contributed by atoms with Crippen LogP contribution >= 0.6 is 0 Å². The van der Waals surface area contributed by atoms with Crippen molar-refractivity contribution in [2.75, 3.05) is 6.61 Å². The zero-order valence-corrected chi connectivity index (χ0v) is 11.5. The van der Waals surface area contributed by atoms with Gasteiger partial charge in [0.25, 0.3) is 0 Å². The third-order valence-electron chi connectivity index (χ3n) is 2.77. The van der Waals surface area contributed by atoms with Gasteiger partial charge in [0.2, 0.25) is 6.29 Å². The average Bonchev–Trinajstić information content (AvgIpc) is 2.55. The van der Waals surface area contributed by atoms with E-state index in [1.807, 2.05) is 18.2 Å². The Morgan fingerprint density at radius 3 is 2.71 bits per heavy atom. The topological polar surface area (TPSA) is 35.5 Å². The van der Waals surface area contributed by atoms with E-state index in [0.717, 1.165) is 11.6 Å². The number of cyclic esters (lactones) is 1. The Hall–Kier alpha value is -1.13. The number of carbonyl (C=O) groups is 1. The maximum atomic E-state index is 11.5. The van der Waals surface area contributed by atoms with E-state index in [1.54, 1.807) is 6.07 Å². The first-order valence-corrected chi connectivity index (χ1v) is 9.60. The van der Waals surface area contributed by atoms with Gasteiger partial charge in [-0.1, -0.05) is 37.8 Å². The van der Waals surface area contributed by atoms with Gasteiger partial charge >= 0.3 is 5.97 Å². The third-order valence-corrected chi connectivity index (χ3v) is 4.47. The quantitative estimate of drug-likeness (QED) is 0.608. The first kappa shape index (κ1) is 12.3. The van der Waals surface area contributed by atoms with Crippen LogP contribution in [-0.4, -0.2) is 20.7 Å². The maximum absolute atomic E-state index is 11.5. The molecule has 1 aliphatic heterocycles. The van der Waals surface area contributed by atoms with Crippen LogP contribution in [0.1, 0.15) is 22.2 Å². The number of esters is 1. The fraction of sp³-hybridized carbons (Fsp3) is 0.462. The van der Waals surface area contributed by atoms with Gasteiger partial charge in [0, 0.05) is 20.2 Å². The second-order valence-corrected chi connectivity index (χ2v) is 11.1. The Labute approximate surface area is 103 Å². The van der Waals surface area contributed by atoms with Gasteiger partial charge in [0.1, 0.15) is 0 Å². The normalized spacial score (nSPS) is 19.0. The molecule has 2 rings (SSSR count). The second kappa shape index (κ2) is 4.62. The van der Waals surface area contributed by atoms with E-state index in [-0.39, 0.29) is 5.97 Å². The SMILES string of the molecule is C[Si](C)(C)CCOC1OC(=O)c2ccccc21. The Morgan fingerprint density at radius 1 is 1.29 bits per heavy atom. The molecule has 1 aliphatic rings. The van der Waals surface area contributed by atoms with Crippen LogP contribution in [0, 0.1) is 0 Å². The molecule has 1 unspecified atom stereocenters. The molecule has 0 saturated carbocycles. The van der Waals surface area contributed by atoms with Crippen molar-refractivity contribution >= 4 is 14.0 Å². The molecule has 1 aromatic rings. The van der Waals surface area contributed by atoms with Gasteiger partial charge in [-0.3, -0.25) is 0 Å². The summed E-state index contributed by atoms with van der Waals surface area (Å²) >= 11 is 0. The highest BCUT2D eigenvalue weighted by atomic mass is 28.3. The summed E-state index contributed by atoms with van der Waals surface area (Å²) in [6.45, 7) is 7.54. The van der Waals surface area contributed by atoms with Crippen molar-refractivity contribution in [1.29, 1.82) is 0 Å². The molecule has 1 atom stereocenters. The van der Waals surface area contributed by atoms with Crippen LogP contribution in [-0.2, 0) is 9.47 Å². The molecule has 0 spiro atoms. The van der Waals surface area contributed by atoms with Crippen LogP contribution in [0.5, 0.6) is 0 Å². The highest BCUT2D eigenvalue weighted by molar-refractivity contribution is 6.76. The molecule has 0 aliphatic carbocycles. The van der Waals surface area contributed by atoms with Crippen LogP contribution in [0.4, 0.5) is 0 Å². The van der Waals surface area contributed by atoms with Gasteiger partial charge in [0.15, 0.2) is 0 Å². The molecule has 0 saturated heterocycles. The molecule has 92 valence electrons. The Kier molecular flexibility index (Phi) is 3.35. The molecular formula is C13H18O3Si. The number of hydrogen-bond acceptors (Lipinski definition) is 3. The van der Waals surface area contributed by atoms with Crippen molar-refractivity contribution in [3.8, 4) is 0 Å². The maximum Gasteiger partial charge on any atom is 0.341 e. The van der Waals surface area contributed by atoms with Gasteiger partial charge in [-0.05, 0) is 12.1 Å². The summed E-state index contributed by atoms with van der Waals surface area (Å²) in [5, 5.41) is 0. The smallest absolute Gasteiger partial charge is 0.341 e. The summed E-state index contributed by atoms with van der Waals surface area (Å²) in [5.41, 5.74) is 1.48. The molecule has 0 amide bonds. The monoisotopic (exact) mass is 250 g/mol. The first-order chi connectivity index (χ1) is 7.97. The summed E-state index contributed by atoms with van der Waals surface area (Å²) in [6.07, 6.45) is -0.505. The fourth-order valence-electron chi connectivity index (χ4n) is 1.71. The predicted molar refractivity (Wildman–Crippen MR) is 68.7 cm³/mol. The summed E-state index contributed by atoms with van der Waals surface area (Å²) in [6, 6.07) is 8.47. The lowest BCUT2D eigenvalue weighted by atomic mass is 10.1. The molecule has 0 bridgehead atoms. The van der Waals surface area contributed by atoms with Crippen LogP contribution in [0.25, 0.3) is 0 Å². The zero-order valence-electron chi connectivity index (χ0n) is 10.5. The lowest BCUT2D eigenvalue weighted by Gasteiger charge is -2.17. The van der Waals surface area contributed by atoms with E-state index in [4.69, 9.17) is 9.47 Å². The minimum absolute atomic E-state index is 0.279. The van der Waals surface area contributed by atoms with Gasteiger partial charge in [-0.15, -0.1) is 0 Å². The lowest BCUT2D eigenvalue weighted by molar-refractivity contribution is -0.0994. The number of ether oxygens (including phenoxy) is 2. The number of rotatable bonds is 4. The molecule has 0 fully saturated rings. The summed E-state index contributed by atoms with van der Waals surface area (Å²) in [4.78, 5) is 11.5. The minimum atomic E-state index is -1.10. The van der Waals surface area contributed by atoms with E-state index >= 15 is 0 Å². The van der Waals surface area contributed by atoms with Gasteiger partial charge in [0.05, 0.1) is 5.56 Å². The molecule has 1 heterocycles. The van der Waals surface area contributed by atoms with Crippen molar-refractivity contribution < 1.29 is 14.3 Å². The van der Waals surface area contributed by atoms with Crippen LogP contribution in [0.15, 0.2) is 24.3 Å². The Bertz CT molecular complexity index is 423. The number of fused-ring (bicyclic) bond motifs is 1. The summed E-state index contributed by atoms with van der Waals surface area (Å²) < 4.78 is 10.9. The Balaban J connectivity index is 1.99. The fourth-order valence-corrected chi connectivity index (χ4v) is 2.44. The van der Waals surface area contributed by atoms with Crippen molar-refractivity contribution in [3.05, 3.63) is 35.4 Å². The highest BCUT2D eigenvalue weighted by Crippen LogP contribution is 2.31. The van der Waals surface area contributed by atoms with Crippen molar-refractivity contribution in [2.45, 2.75) is 32.0 Å². The second-order valence-electron chi connectivity index (χ2n) is 5.51. The van der Waals surface area contributed by atoms with Crippen LogP contribution in [0.2, 0.25) is 25.7 Å². The summed E-state index contributed by atoms with van der Waals surface area (Å²) in [5.74, 6) is -0.279. The molecule has 1 aromatic carbocycles. The molecule has 0 radical (unpaired) electrons. The molecule has 17 heavy (non-hydrogen) atoms. The molecule has 3 nitrogen and oxygen atoms in total. The molecule has 4 heteroatoms. The molecule has 0 aromatic heterocycles. The van der Waals surface area contributed by atoms with E-state index in [1.165, 1.54) is 0 Å². The minimum Gasteiger partial charge on any atom is -0.428 e. The van der Waals surface area contributed by atoms with Crippen molar-refractivity contribution in [1.82, 2.24) is 0 Å². The predicted octanol–water partition coefficient (Wildman–Crippen LogP) is 3.21. The molecule has 0 N–H and O–H groups in total. The molecular weight excluding hydrogens is 232 g/mol. The summed E-state index contributed by atoms with van der Waals surface area (Å²) in [7, 11) is -1.10. The van der Waals surface area contributed by atoms with Gasteiger partial charge in [-0.2, -0.15) is 0 Å². The number of hydrogen-bond donors (Lipinski definition) is 0. The van der Waals surface area contributed by atoms with Crippen molar-refractivity contribution in [2.24, 2.45) is 0 Å². The largest absolute Gasteiger partial charge is 0.428 e.